The molecule has 1 saturated heterocycles. The first-order valence-corrected chi connectivity index (χ1v) is 12.2. The highest BCUT2D eigenvalue weighted by atomic mass is 35.5. The SMILES string of the molecule is O=C(CN1CCCC(O)C1)Nc1sc2c(c1C(O)c1cccc(Cl)c1)CCSC2. The van der Waals surface area contributed by atoms with Gasteiger partial charge in [0, 0.05) is 27.8 Å². The third-order valence-electron chi connectivity index (χ3n) is 5.40. The van der Waals surface area contributed by atoms with Crippen molar-refractivity contribution in [3.63, 3.8) is 0 Å². The molecule has 1 amide bonds. The van der Waals surface area contributed by atoms with E-state index in [-0.39, 0.29) is 18.6 Å². The van der Waals surface area contributed by atoms with Crippen LogP contribution in [0.2, 0.25) is 5.02 Å². The van der Waals surface area contributed by atoms with E-state index in [0.717, 1.165) is 59.0 Å². The van der Waals surface area contributed by atoms with Crippen molar-refractivity contribution in [3.05, 3.63) is 50.9 Å². The lowest BCUT2D eigenvalue weighted by atomic mass is 9.97. The van der Waals surface area contributed by atoms with Crippen molar-refractivity contribution in [3.8, 4) is 0 Å². The first-order valence-electron chi connectivity index (χ1n) is 9.87. The Bertz CT molecular complexity index is 889. The molecule has 2 aliphatic rings. The Morgan fingerprint density at radius 3 is 3.07 bits per heavy atom. The number of β-amino-alcohol motifs (C(OH)–C–C–N with tert-alkyl or cyclic N) is 1. The van der Waals surface area contributed by atoms with Crippen molar-refractivity contribution < 1.29 is 15.0 Å². The molecule has 1 aromatic carbocycles. The molecule has 1 fully saturated rings. The van der Waals surface area contributed by atoms with E-state index in [2.05, 4.69) is 5.32 Å². The highest BCUT2D eigenvalue weighted by Crippen LogP contribution is 2.44. The third-order valence-corrected chi connectivity index (χ3v) is 7.97. The van der Waals surface area contributed by atoms with Gasteiger partial charge in [0.2, 0.25) is 5.91 Å². The number of likely N-dealkylation sites (tertiary alicyclic amines) is 1. The topological polar surface area (TPSA) is 72.8 Å². The zero-order valence-electron chi connectivity index (χ0n) is 16.1. The number of fused-ring (bicyclic) bond motifs is 1. The number of carbonyl (C=O) groups is 1. The zero-order valence-corrected chi connectivity index (χ0v) is 18.5. The number of benzene rings is 1. The molecule has 8 heteroatoms. The quantitative estimate of drug-likeness (QED) is 0.645. The van der Waals surface area contributed by atoms with Crippen LogP contribution in [0.15, 0.2) is 24.3 Å². The fraction of sp³-hybridized carbons (Fsp3) is 0.476. The van der Waals surface area contributed by atoms with Crippen molar-refractivity contribution in [2.24, 2.45) is 0 Å². The molecular formula is C21H25ClN2O3S2. The minimum absolute atomic E-state index is 0.107. The number of carbonyl (C=O) groups excluding carboxylic acids is 1. The Kier molecular flexibility index (Phi) is 6.83. The van der Waals surface area contributed by atoms with Gasteiger partial charge in [-0.3, -0.25) is 9.69 Å². The molecule has 156 valence electrons. The van der Waals surface area contributed by atoms with Gasteiger partial charge < -0.3 is 15.5 Å². The van der Waals surface area contributed by atoms with E-state index in [9.17, 15) is 15.0 Å². The minimum Gasteiger partial charge on any atom is -0.392 e. The standard InChI is InChI=1S/C21H25ClN2O3S2/c22-14-4-1-3-13(9-14)20(27)19-16-6-8-28-12-17(16)29-21(19)23-18(26)11-24-7-2-5-15(25)10-24/h1,3-4,9,15,20,25,27H,2,5-8,10-12H2,(H,23,26). The average molecular weight is 453 g/mol. The summed E-state index contributed by atoms with van der Waals surface area (Å²) in [6, 6.07) is 7.25. The van der Waals surface area contributed by atoms with Crippen molar-refractivity contribution >= 4 is 45.6 Å². The Morgan fingerprint density at radius 2 is 2.28 bits per heavy atom. The Hall–Kier alpha value is -1.09. The number of amides is 1. The molecule has 2 aromatic rings. The number of rotatable bonds is 5. The molecule has 3 N–H and O–H groups in total. The summed E-state index contributed by atoms with van der Waals surface area (Å²) in [4.78, 5) is 15.9. The highest BCUT2D eigenvalue weighted by molar-refractivity contribution is 7.98. The van der Waals surface area contributed by atoms with Gasteiger partial charge in [-0.25, -0.2) is 0 Å². The smallest absolute Gasteiger partial charge is 0.239 e. The number of thiophene rings is 1. The summed E-state index contributed by atoms with van der Waals surface area (Å²) in [5, 5.41) is 25.4. The molecule has 29 heavy (non-hydrogen) atoms. The van der Waals surface area contributed by atoms with Crippen LogP contribution in [0, 0.1) is 0 Å². The van der Waals surface area contributed by atoms with Crippen LogP contribution in [0.5, 0.6) is 0 Å². The molecule has 0 bridgehead atoms. The number of hydrogen-bond acceptors (Lipinski definition) is 6. The fourth-order valence-electron chi connectivity index (χ4n) is 4.03. The van der Waals surface area contributed by atoms with Crippen molar-refractivity contribution in [2.75, 3.05) is 30.7 Å². The number of halogens is 1. The van der Waals surface area contributed by atoms with Crippen LogP contribution in [0.1, 0.15) is 40.5 Å². The Morgan fingerprint density at radius 1 is 1.41 bits per heavy atom. The molecule has 2 unspecified atom stereocenters. The number of nitrogens with one attached hydrogen (secondary N) is 1. The van der Waals surface area contributed by atoms with Crippen LogP contribution in [-0.4, -0.2) is 52.5 Å². The van der Waals surface area contributed by atoms with Crippen molar-refractivity contribution in [1.82, 2.24) is 4.90 Å². The highest BCUT2D eigenvalue weighted by Gasteiger charge is 2.28. The lowest BCUT2D eigenvalue weighted by molar-refractivity contribution is -0.118. The zero-order chi connectivity index (χ0) is 20.4. The number of piperidine rings is 1. The molecule has 0 saturated carbocycles. The number of aliphatic hydroxyl groups excluding tert-OH is 2. The molecule has 4 rings (SSSR count). The van der Waals surface area contributed by atoms with Gasteiger partial charge in [-0.05, 0) is 54.8 Å². The van der Waals surface area contributed by atoms with E-state index in [4.69, 9.17) is 11.6 Å². The molecular weight excluding hydrogens is 428 g/mol. The van der Waals surface area contributed by atoms with Gasteiger partial charge in [-0.1, -0.05) is 23.7 Å². The maximum atomic E-state index is 12.7. The van der Waals surface area contributed by atoms with Crippen LogP contribution in [0.25, 0.3) is 0 Å². The summed E-state index contributed by atoms with van der Waals surface area (Å²) in [5.74, 6) is 1.81. The predicted octanol–water partition coefficient (Wildman–Crippen LogP) is 3.67. The van der Waals surface area contributed by atoms with Crippen molar-refractivity contribution in [1.29, 1.82) is 0 Å². The summed E-state index contributed by atoms with van der Waals surface area (Å²) in [5.41, 5.74) is 2.69. The van der Waals surface area contributed by atoms with E-state index in [0.29, 0.717) is 11.6 Å². The second-order valence-corrected chi connectivity index (χ2v) is 10.2. The average Bonchev–Trinajstić information content (AvgIpc) is 3.05. The lowest BCUT2D eigenvalue weighted by Crippen LogP contribution is -2.42. The van der Waals surface area contributed by atoms with Crippen LogP contribution in [0.4, 0.5) is 5.00 Å². The van der Waals surface area contributed by atoms with Crippen LogP contribution >= 0.6 is 34.7 Å². The van der Waals surface area contributed by atoms with E-state index in [1.807, 2.05) is 28.8 Å². The normalized spacial score (nSPS) is 20.9. The van der Waals surface area contributed by atoms with Crippen LogP contribution in [0.3, 0.4) is 0 Å². The predicted molar refractivity (Wildman–Crippen MR) is 120 cm³/mol. The van der Waals surface area contributed by atoms with E-state index in [1.165, 1.54) is 4.88 Å². The van der Waals surface area contributed by atoms with Gasteiger partial charge in [0.15, 0.2) is 0 Å². The number of hydrogen-bond donors (Lipinski definition) is 3. The van der Waals surface area contributed by atoms with Gasteiger partial charge in [0.1, 0.15) is 11.1 Å². The van der Waals surface area contributed by atoms with Gasteiger partial charge in [0.05, 0.1) is 12.6 Å². The second kappa shape index (κ2) is 9.37. The van der Waals surface area contributed by atoms with E-state index >= 15 is 0 Å². The van der Waals surface area contributed by atoms with Gasteiger partial charge in [-0.2, -0.15) is 11.8 Å². The molecule has 2 atom stereocenters. The summed E-state index contributed by atoms with van der Waals surface area (Å²) < 4.78 is 0. The third kappa shape index (κ3) is 4.98. The molecule has 0 aliphatic carbocycles. The first-order chi connectivity index (χ1) is 14.0. The summed E-state index contributed by atoms with van der Waals surface area (Å²) >= 11 is 9.57. The number of anilines is 1. The minimum atomic E-state index is -0.830. The Balaban J connectivity index is 1.58. The summed E-state index contributed by atoms with van der Waals surface area (Å²) in [7, 11) is 0. The number of thioether (sulfide) groups is 1. The van der Waals surface area contributed by atoms with Gasteiger partial charge in [0.25, 0.3) is 0 Å². The molecule has 2 aliphatic heterocycles. The monoisotopic (exact) mass is 452 g/mol. The largest absolute Gasteiger partial charge is 0.392 e. The van der Waals surface area contributed by atoms with Gasteiger partial charge >= 0.3 is 0 Å². The van der Waals surface area contributed by atoms with E-state index < -0.39 is 6.10 Å². The summed E-state index contributed by atoms with van der Waals surface area (Å²) in [6.07, 6.45) is 1.39. The van der Waals surface area contributed by atoms with Crippen LogP contribution in [-0.2, 0) is 17.0 Å². The van der Waals surface area contributed by atoms with Gasteiger partial charge in [-0.15, -0.1) is 11.3 Å². The maximum Gasteiger partial charge on any atom is 0.239 e. The number of nitrogens with zero attached hydrogens (tertiary/aromatic N) is 1. The van der Waals surface area contributed by atoms with Crippen molar-refractivity contribution in [2.45, 2.75) is 37.2 Å². The number of aliphatic hydroxyl groups is 2. The molecule has 0 radical (unpaired) electrons. The Labute approximate surface area is 184 Å². The lowest BCUT2D eigenvalue weighted by Gasteiger charge is -2.29. The second-order valence-electron chi connectivity index (χ2n) is 7.59. The fourth-order valence-corrected chi connectivity index (χ4v) is 6.65. The molecule has 5 nitrogen and oxygen atoms in total. The summed E-state index contributed by atoms with van der Waals surface area (Å²) in [6.45, 7) is 1.60. The first kappa shape index (κ1) is 21.2. The molecule has 0 spiro atoms. The molecule has 3 heterocycles. The maximum absolute atomic E-state index is 12.7. The van der Waals surface area contributed by atoms with E-state index in [1.54, 1.807) is 23.5 Å². The van der Waals surface area contributed by atoms with Crippen LogP contribution < -0.4 is 5.32 Å². The molecule has 1 aromatic heterocycles.